The summed E-state index contributed by atoms with van der Waals surface area (Å²) in [6.45, 7) is 0. The SMILES string of the molecule is NC(=S)c1cccc(Oc2ccccc2OC(F)(F)F)n1. The molecular formula is C13H9F3N2O2S. The van der Waals surface area contributed by atoms with Crippen LogP contribution in [0.5, 0.6) is 17.4 Å². The maximum Gasteiger partial charge on any atom is 0.573 e. The maximum atomic E-state index is 12.3. The zero-order valence-corrected chi connectivity index (χ0v) is 11.2. The third kappa shape index (κ3) is 4.32. The molecule has 1 aromatic heterocycles. The summed E-state index contributed by atoms with van der Waals surface area (Å²) in [7, 11) is 0. The van der Waals surface area contributed by atoms with E-state index in [4.69, 9.17) is 22.7 Å². The molecular weight excluding hydrogens is 305 g/mol. The summed E-state index contributed by atoms with van der Waals surface area (Å²) in [5, 5.41) is 0. The van der Waals surface area contributed by atoms with E-state index in [1.54, 1.807) is 12.1 Å². The van der Waals surface area contributed by atoms with E-state index >= 15 is 0 Å². The van der Waals surface area contributed by atoms with E-state index in [1.807, 2.05) is 0 Å². The highest BCUT2D eigenvalue weighted by Crippen LogP contribution is 2.34. The Hall–Kier alpha value is -2.35. The summed E-state index contributed by atoms with van der Waals surface area (Å²) >= 11 is 4.77. The maximum absolute atomic E-state index is 12.3. The van der Waals surface area contributed by atoms with Gasteiger partial charge in [-0.25, -0.2) is 4.98 Å². The number of alkyl halides is 3. The highest BCUT2D eigenvalue weighted by atomic mass is 32.1. The monoisotopic (exact) mass is 314 g/mol. The minimum Gasteiger partial charge on any atom is -0.435 e. The first-order chi connectivity index (χ1) is 9.85. The first-order valence-electron chi connectivity index (χ1n) is 5.64. The Morgan fingerprint density at radius 1 is 1.05 bits per heavy atom. The van der Waals surface area contributed by atoms with Crippen LogP contribution in [0.25, 0.3) is 0 Å². The third-order valence-electron chi connectivity index (χ3n) is 2.27. The zero-order chi connectivity index (χ0) is 15.5. The van der Waals surface area contributed by atoms with Crippen molar-refractivity contribution in [1.29, 1.82) is 0 Å². The standard InChI is InChI=1S/C13H9F3N2O2S/c14-13(15,16)20-10-6-2-1-5-9(10)19-11-7-3-4-8(18-11)12(17)21/h1-7H,(H2,17,21). The summed E-state index contributed by atoms with van der Waals surface area (Å²) in [6.07, 6.45) is -4.81. The summed E-state index contributed by atoms with van der Waals surface area (Å²) < 4.78 is 46.1. The number of pyridine rings is 1. The molecule has 1 heterocycles. The Balaban J connectivity index is 2.27. The number of nitrogens with two attached hydrogens (primary N) is 1. The van der Waals surface area contributed by atoms with Gasteiger partial charge in [0.15, 0.2) is 11.5 Å². The van der Waals surface area contributed by atoms with Crippen LogP contribution in [0.15, 0.2) is 42.5 Å². The molecule has 21 heavy (non-hydrogen) atoms. The van der Waals surface area contributed by atoms with Crippen molar-refractivity contribution in [3.05, 3.63) is 48.2 Å². The fraction of sp³-hybridized carbons (Fsp3) is 0.0769. The van der Waals surface area contributed by atoms with Gasteiger partial charge in [0, 0.05) is 6.07 Å². The van der Waals surface area contributed by atoms with Crippen LogP contribution in [0.2, 0.25) is 0 Å². The molecule has 0 amide bonds. The van der Waals surface area contributed by atoms with Crippen LogP contribution in [0.4, 0.5) is 13.2 Å². The van der Waals surface area contributed by atoms with E-state index in [0.29, 0.717) is 5.69 Å². The third-order valence-corrected chi connectivity index (χ3v) is 2.47. The number of hydrogen-bond acceptors (Lipinski definition) is 4. The summed E-state index contributed by atoms with van der Waals surface area (Å²) in [4.78, 5) is 4.04. The Morgan fingerprint density at radius 2 is 1.71 bits per heavy atom. The van der Waals surface area contributed by atoms with Crippen molar-refractivity contribution in [2.24, 2.45) is 5.73 Å². The molecule has 0 aliphatic rings. The molecule has 0 radical (unpaired) electrons. The van der Waals surface area contributed by atoms with Gasteiger partial charge in [0.25, 0.3) is 0 Å². The normalized spacial score (nSPS) is 11.0. The molecule has 0 unspecified atom stereocenters. The lowest BCUT2D eigenvalue weighted by molar-refractivity contribution is -0.275. The second-order valence-electron chi connectivity index (χ2n) is 3.82. The van der Waals surface area contributed by atoms with Gasteiger partial charge in [-0.1, -0.05) is 30.4 Å². The second-order valence-corrected chi connectivity index (χ2v) is 4.26. The minimum atomic E-state index is -4.81. The summed E-state index contributed by atoms with van der Waals surface area (Å²) in [5.41, 5.74) is 5.73. The van der Waals surface area contributed by atoms with Crippen LogP contribution in [0.3, 0.4) is 0 Å². The molecule has 0 saturated heterocycles. The summed E-state index contributed by atoms with van der Waals surface area (Å²) in [5.74, 6) is -0.534. The molecule has 110 valence electrons. The van der Waals surface area contributed by atoms with Crippen LogP contribution >= 0.6 is 12.2 Å². The number of ether oxygens (including phenoxy) is 2. The van der Waals surface area contributed by atoms with Gasteiger partial charge in [-0.2, -0.15) is 0 Å². The predicted molar refractivity (Wildman–Crippen MR) is 73.3 cm³/mol. The Labute approximate surface area is 123 Å². The van der Waals surface area contributed by atoms with Crippen LogP contribution < -0.4 is 15.2 Å². The van der Waals surface area contributed by atoms with Crippen LogP contribution in [0.1, 0.15) is 5.69 Å². The smallest absolute Gasteiger partial charge is 0.435 e. The van der Waals surface area contributed by atoms with Crippen molar-refractivity contribution in [3.8, 4) is 17.4 Å². The minimum absolute atomic E-state index is 0.0542. The Bertz CT molecular complexity index is 662. The molecule has 0 aliphatic heterocycles. The summed E-state index contributed by atoms with van der Waals surface area (Å²) in [6, 6.07) is 9.97. The highest BCUT2D eigenvalue weighted by Gasteiger charge is 2.32. The average Bonchev–Trinajstić information content (AvgIpc) is 2.40. The van der Waals surface area contributed by atoms with E-state index in [2.05, 4.69) is 9.72 Å². The van der Waals surface area contributed by atoms with Gasteiger partial charge in [0.2, 0.25) is 5.88 Å². The lowest BCUT2D eigenvalue weighted by atomic mass is 10.3. The molecule has 2 rings (SSSR count). The van der Waals surface area contributed by atoms with E-state index in [-0.39, 0.29) is 16.6 Å². The van der Waals surface area contributed by atoms with Crippen molar-refractivity contribution in [2.45, 2.75) is 6.36 Å². The molecule has 0 atom stereocenters. The number of rotatable bonds is 4. The van der Waals surface area contributed by atoms with E-state index in [9.17, 15) is 13.2 Å². The average molecular weight is 314 g/mol. The number of hydrogen-bond donors (Lipinski definition) is 1. The molecule has 4 nitrogen and oxygen atoms in total. The number of para-hydroxylation sites is 2. The number of aromatic nitrogens is 1. The number of halogens is 3. The molecule has 1 aromatic carbocycles. The molecule has 0 fully saturated rings. The first-order valence-corrected chi connectivity index (χ1v) is 6.05. The van der Waals surface area contributed by atoms with Gasteiger partial charge in [-0.3, -0.25) is 0 Å². The van der Waals surface area contributed by atoms with Gasteiger partial charge in [0.05, 0.1) is 0 Å². The quantitative estimate of drug-likeness (QED) is 0.877. The van der Waals surface area contributed by atoms with Gasteiger partial charge in [-0.05, 0) is 18.2 Å². The molecule has 2 aromatic rings. The Kier molecular flexibility index (Phi) is 4.27. The van der Waals surface area contributed by atoms with Gasteiger partial charge < -0.3 is 15.2 Å². The van der Waals surface area contributed by atoms with Crippen LogP contribution in [-0.2, 0) is 0 Å². The van der Waals surface area contributed by atoms with Crippen molar-refractivity contribution in [3.63, 3.8) is 0 Å². The fourth-order valence-electron chi connectivity index (χ4n) is 1.47. The number of nitrogens with zero attached hydrogens (tertiary/aromatic N) is 1. The van der Waals surface area contributed by atoms with E-state index in [0.717, 1.165) is 6.07 Å². The molecule has 0 spiro atoms. The lowest BCUT2D eigenvalue weighted by Gasteiger charge is -2.13. The zero-order valence-electron chi connectivity index (χ0n) is 10.4. The van der Waals surface area contributed by atoms with Crippen molar-refractivity contribution >= 4 is 17.2 Å². The van der Waals surface area contributed by atoms with Crippen molar-refractivity contribution in [1.82, 2.24) is 4.98 Å². The van der Waals surface area contributed by atoms with Crippen molar-refractivity contribution < 1.29 is 22.6 Å². The largest absolute Gasteiger partial charge is 0.573 e. The van der Waals surface area contributed by atoms with E-state index < -0.39 is 12.1 Å². The van der Waals surface area contributed by atoms with Crippen LogP contribution in [0, 0.1) is 0 Å². The van der Waals surface area contributed by atoms with Crippen LogP contribution in [-0.4, -0.2) is 16.3 Å². The molecule has 0 bridgehead atoms. The topological polar surface area (TPSA) is 57.4 Å². The van der Waals surface area contributed by atoms with Gasteiger partial charge in [0.1, 0.15) is 10.7 Å². The van der Waals surface area contributed by atoms with Crippen molar-refractivity contribution in [2.75, 3.05) is 0 Å². The van der Waals surface area contributed by atoms with Gasteiger partial charge in [-0.15, -0.1) is 13.2 Å². The first kappa shape index (κ1) is 15.0. The lowest BCUT2D eigenvalue weighted by Crippen LogP contribution is -2.17. The van der Waals surface area contributed by atoms with E-state index in [1.165, 1.54) is 24.3 Å². The Morgan fingerprint density at radius 3 is 2.33 bits per heavy atom. The molecule has 8 heteroatoms. The number of thiocarbonyl (C=S) groups is 1. The fourth-order valence-corrected chi connectivity index (χ4v) is 1.58. The molecule has 0 saturated carbocycles. The highest BCUT2D eigenvalue weighted by molar-refractivity contribution is 7.80. The second kappa shape index (κ2) is 5.96. The molecule has 2 N–H and O–H groups in total. The molecule has 0 aliphatic carbocycles. The number of benzene rings is 1. The van der Waals surface area contributed by atoms with Gasteiger partial charge >= 0.3 is 6.36 Å². The predicted octanol–water partition coefficient (Wildman–Crippen LogP) is 3.41.